The summed E-state index contributed by atoms with van der Waals surface area (Å²) in [5, 5.41) is 6.99. The zero-order chi connectivity index (χ0) is 20.8. The number of benzene rings is 1. The number of amides is 1. The lowest BCUT2D eigenvalue weighted by Crippen LogP contribution is -2.45. The Labute approximate surface area is 204 Å². The number of nitrogens with zero attached hydrogens (tertiary/aromatic N) is 3. The van der Waals surface area contributed by atoms with E-state index in [0.29, 0.717) is 17.9 Å². The first-order valence-corrected chi connectivity index (χ1v) is 11.9. The van der Waals surface area contributed by atoms with Gasteiger partial charge in [0.1, 0.15) is 0 Å². The standard InChI is InChI=1S/C24H37N5O.HI/c1-2-25-24(26-16-19-12-14-28(17-19)22-10-4-3-5-11-22)27-21-13-15-29(18-21)23(30)20-8-6-7-9-20;/h3-5,10-11,19-21H,2,6-9,12-18H2,1H3,(H2,25,26,27);1H. The first kappa shape index (κ1) is 24.1. The third-order valence-electron chi connectivity index (χ3n) is 6.80. The van der Waals surface area contributed by atoms with Crippen molar-refractivity contribution in [3.8, 4) is 0 Å². The number of aliphatic imine (C=N–C) groups is 1. The summed E-state index contributed by atoms with van der Waals surface area (Å²) in [6, 6.07) is 11.0. The Morgan fingerprint density at radius 3 is 2.58 bits per heavy atom. The third kappa shape index (κ3) is 6.49. The van der Waals surface area contributed by atoms with Crippen LogP contribution in [0.15, 0.2) is 35.3 Å². The van der Waals surface area contributed by atoms with Gasteiger partial charge in [0.15, 0.2) is 5.96 Å². The average Bonchev–Trinajstić information content (AvgIpc) is 3.54. The minimum atomic E-state index is 0. The maximum absolute atomic E-state index is 12.7. The number of carbonyl (C=O) groups excluding carboxylic acids is 1. The van der Waals surface area contributed by atoms with Crippen LogP contribution in [0.1, 0.15) is 45.4 Å². The van der Waals surface area contributed by atoms with Gasteiger partial charge in [-0.15, -0.1) is 24.0 Å². The number of guanidine groups is 1. The van der Waals surface area contributed by atoms with Gasteiger partial charge in [-0.2, -0.15) is 0 Å². The quantitative estimate of drug-likeness (QED) is 0.330. The Kier molecular flexibility index (Phi) is 9.29. The van der Waals surface area contributed by atoms with Crippen molar-refractivity contribution in [2.75, 3.05) is 44.2 Å². The Morgan fingerprint density at radius 2 is 1.84 bits per heavy atom. The molecule has 172 valence electrons. The molecule has 1 saturated carbocycles. The summed E-state index contributed by atoms with van der Waals surface area (Å²) in [5.41, 5.74) is 1.31. The zero-order valence-electron chi connectivity index (χ0n) is 18.8. The number of likely N-dealkylation sites (tertiary alicyclic amines) is 1. The van der Waals surface area contributed by atoms with Crippen LogP contribution in [0.2, 0.25) is 0 Å². The fourth-order valence-corrected chi connectivity index (χ4v) is 5.10. The molecule has 1 aromatic carbocycles. The smallest absolute Gasteiger partial charge is 0.225 e. The maximum atomic E-state index is 12.7. The van der Waals surface area contributed by atoms with Gasteiger partial charge in [0, 0.05) is 56.9 Å². The van der Waals surface area contributed by atoms with Gasteiger partial charge in [0.2, 0.25) is 5.91 Å². The molecule has 2 saturated heterocycles. The predicted molar refractivity (Wildman–Crippen MR) is 138 cm³/mol. The van der Waals surface area contributed by atoms with Crippen LogP contribution in [0, 0.1) is 11.8 Å². The van der Waals surface area contributed by atoms with Crippen molar-refractivity contribution < 1.29 is 4.79 Å². The molecule has 1 aromatic rings. The van der Waals surface area contributed by atoms with E-state index in [4.69, 9.17) is 4.99 Å². The summed E-state index contributed by atoms with van der Waals surface area (Å²) in [6.07, 6.45) is 6.79. The number of rotatable bonds is 6. The molecule has 0 aromatic heterocycles. The van der Waals surface area contributed by atoms with E-state index in [1.54, 1.807) is 0 Å². The van der Waals surface area contributed by atoms with Crippen LogP contribution in [0.4, 0.5) is 5.69 Å². The monoisotopic (exact) mass is 539 g/mol. The Hall–Kier alpha value is -1.51. The number of carbonyl (C=O) groups is 1. The van der Waals surface area contributed by atoms with Gasteiger partial charge in [-0.1, -0.05) is 31.0 Å². The van der Waals surface area contributed by atoms with Crippen molar-refractivity contribution in [3.63, 3.8) is 0 Å². The summed E-state index contributed by atoms with van der Waals surface area (Å²) >= 11 is 0. The van der Waals surface area contributed by atoms with E-state index >= 15 is 0 Å². The predicted octanol–water partition coefficient (Wildman–Crippen LogP) is 3.48. The fraction of sp³-hybridized carbons (Fsp3) is 0.667. The van der Waals surface area contributed by atoms with E-state index in [0.717, 1.165) is 64.5 Å². The largest absolute Gasteiger partial charge is 0.371 e. The molecule has 0 radical (unpaired) electrons. The molecule has 1 aliphatic carbocycles. The Morgan fingerprint density at radius 1 is 1.06 bits per heavy atom. The number of para-hydroxylation sites is 1. The first-order valence-electron chi connectivity index (χ1n) is 11.9. The summed E-state index contributed by atoms with van der Waals surface area (Å²) in [5.74, 6) is 2.15. The van der Waals surface area contributed by atoms with E-state index in [1.165, 1.54) is 24.9 Å². The fourth-order valence-electron chi connectivity index (χ4n) is 5.10. The van der Waals surface area contributed by atoms with Gasteiger partial charge in [-0.3, -0.25) is 9.79 Å². The van der Waals surface area contributed by atoms with Gasteiger partial charge in [0.05, 0.1) is 0 Å². The highest BCUT2D eigenvalue weighted by Crippen LogP contribution is 2.28. The highest BCUT2D eigenvalue weighted by atomic mass is 127. The molecule has 0 bridgehead atoms. The molecule has 3 fully saturated rings. The molecule has 7 heteroatoms. The second-order valence-electron chi connectivity index (χ2n) is 9.05. The average molecular weight is 540 g/mol. The van der Waals surface area contributed by atoms with Gasteiger partial charge >= 0.3 is 0 Å². The summed E-state index contributed by atoms with van der Waals surface area (Å²) in [4.78, 5) is 22.1. The van der Waals surface area contributed by atoms with E-state index in [1.807, 2.05) is 0 Å². The minimum absolute atomic E-state index is 0. The molecule has 0 spiro atoms. The second-order valence-corrected chi connectivity index (χ2v) is 9.05. The second kappa shape index (κ2) is 11.9. The number of anilines is 1. The minimum Gasteiger partial charge on any atom is -0.371 e. The van der Waals surface area contributed by atoms with Gasteiger partial charge < -0.3 is 20.4 Å². The van der Waals surface area contributed by atoms with Crippen LogP contribution in [0.5, 0.6) is 0 Å². The number of hydrogen-bond acceptors (Lipinski definition) is 3. The molecule has 2 unspecified atom stereocenters. The molecule has 4 rings (SSSR count). The molecular formula is C24H38IN5O. The maximum Gasteiger partial charge on any atom is 0.225 e. The van der Waals surface area contributed by atoms with E-state index < -0.39 is 0 Å². The van der Waals surface area contributed by atoms with Crippen molar-refractivity contribution in [1.29, 1.82) is 0 Å². The normalized spacial score (nSPS) is 24.4. The number of nitrogens with one attached hydrogen (secondary N) is 2. The molecule has 2 N–H and O–H groups in total. The highest BCUT2D eigenvalue weighted by molar-refractivity contribution is 14.0. The van der Waals surface area contributed by atoms with Crippen molar-refractivity contribution >= 4 is 41.5 Å². The Bertz CT molecular complexity index is 722. The van der Waals surface area contributed by atoms with Gasteiger partial charge in [0.25, 0.3) is 0 Å². The SMILES string of the molecule is CCNC(=NCC1CCN(c2ccccc2)C1)NC1CCN(C(=O)C2CCCC2)C1.I. The Balaban J connectivity index is 0.00000272. The summed E-state index contributed by atoms with van der Waals surface area (Å²) in [6.45, 7) is 7.66. The lowest BCUT2D eigenvalue weighted by molar-refractivity contribution is -0.134. The van der Waals surface area contributed by atoms with Crippen molar-refractivity contribution in [1.82, 2.24) is 15.5 Å². The van der Waals surface area contributed by atoms with Crippen LogP contribution in [0.25, 0.3) is 0 Å². The van der Waals surface area contributed by atoms with E-state index in [-0.39, 0.29) is 29.9 Å². The lowest BCUT2D eigenvalue weighted by Gasteiger charge is -2.22. The van der Waals surface area contributed by atoms with Gasteiger partial charge in [-0.25, -0.2) is 0 Å². The van der Waals surface area contributed by atoms with E-state index in [9.17, 15) is 4.79 Å². The summed E-state index contributed by atoms with van der Waals surface area (Å²) < 4.78 is 0. The van der Waals surface area contributed by atoms with Crippen molar-refractivity contribution in [2.24, 2.45) is 16.8 Å². The van der Waals surface area contributed by atoms with Crippen LogP contribution in [-0.2, 0) is 4.79 Å². The molecule has 31 heavy (non-hydrogen) atoms. The number of hydrogen-bond donors (Lipinski definition) is 2. The van der Waals surface area contributed by atoms with Gasteiger partial charge in [-0.05, 0) is 50.7 Å². The molecule has 2 aliphatic heterocycles. The lowest BCUT2D eigenvalue weighted by atomic mass is 10.1. The van der Waals surface area contributed by atoms with E-state index in [2.05, 4.69) is 57.7 Å². The third-order valence-corrected chi connectivity index (χ3v) is 6.80. The first-order chi connectivity index (χ1) is 14.7. The topological polar surface area (TPSA) is 60.0 Å². The molecule has 2 heterocycles. The van der Waals surface area contributed by atoms with Crippen LogP contribution in [-0.4, -0.2) is 62.1 Å². The molecule has 6 nitrogen and oxygen atoms in total. The van der Waals surface area contributed by atoms with Crippen LogP contribution < -0.4 is 15.5 Å². The number of halogens is 1. The zero-order valence-corrected chi connectivity index (χ0v) is 21.1. The molecular weight excluding hydrogens is 501 g/mol. The van der Waals surface area contributed by atoms with Crippen molar-refractivity contribution in [2.45, 2.75) is 51.5 Å². The molecule has 1 amide bonds. The molecule has 3 aliphatic rings. The van der Waals surface area contributed by atoms with Crippen LogP contribution >= 0.6 is 24.0 Å². The van der Waals surface area contributed by atoms with Crippen molar-refractivity contribution in [3.05, 3.63) is 30.3 Å². The molecule has 2 atom stereocenters. The highest BCUT2D eigenvalue weighted by Gasteiger charge is 2.32. The van der Waals surface area contributed by atoms with Crippen LogP contribution in [0.3, 0.4) is 0 Å². The summed E-state index contributed by atoms with van der Waals surface area (Å²) in [7, 11) is 0.